The predicted molar refractivity (Wildman–Crippen MR) is 99.5 cm³/mol. The van der Waals surface area contributed by atoms with Crippen molar-refractivity contribution in [2.24, 2.45) is 10.4 Å². The molecule has 0 amide bonds. The highest BCUT2D eigenvalue weighted by molar-refractivity contribution is 14.0. The molecule has 4 nitrogen and oxygen atoms in total. The Labute approximate surface area is 154 Å². The Balaban J connectivity index is 0.00000484. The summed E-state index contributed by atoms with van der Waals surface area (Å²) < 4.78 is 38.2. The highest BCUT2D eigenvalue weighted by Crippen LogP contribution is 2.25. The Morgan fingerprint density at radius 1 is 1.13 bits per heavy atom. The minimum Gasteiger partial charge on any atom is -0.356 e. The monoisotopic (exact) mass is 450 g/mol. The van der Waals surface area contributed by atoms with Crippen LogP contribution < -0.4 is 5.32 Å². The molecule has 0 aliphatic carbocycles. The van der Waals surface area contributed by atoms with Gasteiger partial charge >= 0.3 is 6.18 Å². The molecule has 1 N–H and O–H groups in total. The van der Waals surface area contributed by atoms with Crippen molar-refractivity contribution in [3.8, 4) is 0 Å². The molecule has 8 heteroatoms. The van der Waals surface area contributed by atoms with Gasteiger partial charge < -0.3 is 10.2 Å². The third-order valence-electron chi connectivity index (χ3n) is 4.01. The number of alkyl halides is 3. The molecule has 0 bridgehead atoms. The molecule has 1 fully saturated rings. The lowest BCUT2D eigenvalue weighted by molar-refractivity contribution is -0.181. The lowest BCUT2D eigenvalue weighted by Gasteiger charge is -2.39. The van der Waals surface area contributed by atoms with Crippen LogP contribution in [0.4, 0.5) is 13.2 Å². The maximum absolute atomic E-state index is 12.7. The molecule has 1 heterocycles. The molecule has 1 unspecified atom stereocenters. The van der Waals surface area contributed by atoms with Crippen molar-refractivity contribution in [3.63, 3.8) is 0 Å². The second-order valence-electron chi connectivity index (χ2n) is 7.03. The summed E-state index contributed by atoms with van der Waals surface area (Å²) in [5.74, 6) is 0.781. The highest BCUT2D eigenvalue weighted by atomic mass is 127. The topological polar surface area (TPSA) is 30.9 Å². The summed E-state index contributed by atoms with van der Waals surface area (Å²) in [6.07, 6.45) is -3.15. The van der Waals surface area contributed by atoms with Crippen molar-refractivity contribution in [2.75, 3.05) is 39.8 Å². The lowest BCUT2D eigenvalue weighted by atomic mass is 9.92. The van der Waals surface area contributed by atoms with E-state index in [-0.39, 0.29) is 29.4 Å². The third kappa shape index (κ3) is 7.91. The molecule has 0 aromatic carbocycles. The second-order valence-corrected chi connectivity index (χ2v) is 7.03. The molecule has 1 aliphatic rings. The number of rotatable bonds is 3. The Kier molecular flexibility index (Phi) is 9.19. The van der Waals surface area contributed by atoms with E-state index in [0.29, 0.717) is 26.2 Å². The van der Waals surface area contributed by atoms with Gasteiger partial charge in [0.15, 0.2) is 5.96 Å². The first-order valence-corrected chi connectivity index (χ1v) is 7.81. The molecule has 138 valence electrons. The molecule has 0 aromatic rings. The van der Waals surface area contributed by atoms with E-state index >= 15 is 0 Å². The molecule has 0 aromatic heterocycles. The molecular formula is C15H30F3IN4. The van der Waals surface area contributed by atoms with Crippen molar-refractivity contribution in [2.45, 2.75) is 46.3 Å². The van der Waals surface area contributed by atoms with Crippen molar-refractivity contribution in [1.29, 1.82) is 0 Å². The molecule has 1 rings (SSSR count). The summed E-state index contributed by atoms with van der Waals surface area (Å²) in [6, 6.07) is -1.38. The van der Waals surface area contributed by atoms with Crippen LogP contribution in [0.3, 0.4) is 0 Å². The van der Waals surface area contributed by atoms with E-state index in [1.165, 1.54) is 11.8 Å². The van der Waals surface area contributed by atoms with Crippen LogP contribution in [0.1, 0.15) is 34.1 Å². The number of hydrogen-bond donors (Lipinski definition) is 1. The average Bonchev–Trinajstić information content (AvgIpc) is 2.41. The molecule has 1 saturated heterocycles. The highest BCUT2D eigenvalue weighted by Gasteiger charge is 2.41. The van der Waals surface area contributed by atoms with Gasteiger partial charge in [0.1, 0.15) is 6.04 Å². The van der Waals surface area contributed by atoms with E-state index in [4.69, 9.17) is 0 Å². The standard InChI is InChI=1S/C15H29F3N4.HI/c1-12(15(16,17)18)21-8-10-22(11-9-21)13(19-5)20-7-6-14(2,3)4;/h12H,6-11H2,1-5H3,(H,19,20);1H. The molecule has 1 atom stereocenters. The molecule has 0 saturated carbocycles. The summed E-state index contributed by atoms with van der Waals surface area (Å²) >= 11 is 0. The number of nitrogens with zero attached hydrogens (tertiary/aromatic N) is 3. The first kappa shape index (κ1) is 22.8. The summed E-state index contributed by atoms with van der Waals surface area (Å²) in [7, 11) is 1.71. The number of guanidine groups is 1. The Morgan fingerprint density at radius 3 is 2.04 bits per heavy atom. The molecule has 23 heavy (non-hydrogen) atoms. The fourth-order valence-electron chi connectivity index (χ4n) is 2.41. The first-order chi connectivity index (χ1) is 10.0. The van der Waals surface area contributed by atoms with Gasteiger partial charge in [-0.05, 0) is 18.8 Å². The van der Waals surface area contributed by atoms with Crippen LogP contribution in [0.25, 0.3) is 0 Å². The molecule has 0 radical (unpaired) electrons. The maximum atomic E-state index is 12.7. The van der Waals surface area contributed by atoms with Gasteiger partial charge in [-0.15, -0.1) is 24.0 Å². The van der Waals surface area contributed by atoms with Gasteiger partial charge in [0.05, 0.1) is 0 Å². The van der Waals surface area contributed by atoms with E-state index in [1.54, 1.807) is 7.05 Å². The number of nitrogens with one attached hydrogen (secondary N) is 1. The summed E-state index contributed by atoms with van der Waals surface area (Å²) in [5.41, 5.74) is 0.243. The molecule has 0 spiro atoms. The van der Waals surface area contributed by atoms with Gasteiger partial charge in [-0.3, -0.25) is 9.89 Å². The molecular weight excluding hydrogens is 420 g/mol. The number of halogens is 4. The number of hydrogen-bond acceptors (Lipinski definition) is 2. The SMILES string of the molecule is CN=C(NCCC(C)(C)C)N1CCN(C(C)C(F)(F)F)CC1.I. The summed E-state index contributed by atoms with van der Waals surface area (Å²) in [5, 5.41) is 3.31. The quantitative estimate of drug-likeness (QED) is 0.407. The van der Waals surface area contributed by atoms with E-state index in [1.807, 2.05) is 4.90 Å². The second kappa shape index (κ2) is 9.29. The number of aliphatic imine (C=N–C) groups is 1. The van der Waals surface area contributed by atoms with E-state index < -0.39 is 12.2 Å². The van der Waals surface area contributed by atoms with Gasteiger partial charge in [-0.2, -0.15) is 13.2 Å². The van der Waals surface area contributed by atoms with Crippen LogP contribution in [0.15, 0.2) is 4.99 Å². The van der Waals surface area contributed by atoms with Crippen LogP contribution in [0.2, 0.25) is 0 Å². The van der Waals surface area contributed by atoms with Gasteiger partial charge in [-0.25, -0.2) is 0 Å². The van der Waals surface area contributed by atoms with Crippen molar-refractivity contribution >= 4 is 29.9 Å². The zero-order valence-electron chi connectivity index (χ0n) is 14.7. The van der Waals surface area contributed by atoms with Gasteiger partial charge in [0, 0.05) is 39.8 Å². The van der Waals surface area contributed by atoms with E-state index in [0.717, 1.165) is 18.9 Å². The zero-order valence-corrected chi connectivity index (χ0v) is 17.0. The van der Waals surface area contributed by atoms with Crippen molar-refractivity contribution < 1.29 is 13.2 Å². The summed E-state index contributed by atoms with van der Waals surface area (Å²) in [6.45, 7) is 10.5. The smallest absolute Gasteiger partial charge is 0.356 e. The van der Waals surface area contributed by atoms with Crippen molar-refractivity contribution in [3.05, 3.63) is 0 Å². The van der Waals surface area contributed by atoms with Gasteiger partial charge in [0.2, 0.25) is 0 Å². The Morgan fingerprint density at radius 2 is 1.65 bits per heavy atom. The Bertz CT molecular complexity index is 372. The minimum atomic E-state index is -4.16. The van der Waals surface area contributed by atoms with Crippen LogP contribution in [0.5, 0.6) is 0 Å². The van der Waals surface area contributed by atoms with Crippen LogP contribution in [-0.2, 0) is 0 Å². The minimum absolute atomic E-state index is 0. The fourth-order valence-corrected chi connectivity index (χ4v) is 2.41. The zero-order chi connectivity index (χ0) is 17.0. The van der Waals surface area contributed by atoms with Gasteiger partial charge in [0.25, 0.3) is 0 Å². The third-order valence-corrected chi connectivity index (χ3v) is 4.01. The maximum Gasteiger partial charge on any atom is 0.403 e. The lowest BCUT2D eigenvalue weighted by Crippen LogP contribution is -2.56. The first-order valence-electron chi connectivity index (χ1n) is 7.81. The Hall–Kier alpha value is -0.250. The van der Waals surface area contributed by atoms with Crippen LogP contribution in [-0.4, -0.2) is 67.7 Å². The van der Waals surface area contributed by atoms with Crippen LogP contribution >= 0.6 is 24.0 Å². The van der Waals surface area contributed by atoms with Crippen molar-refractivity contribution in [1.82, 2.24) is 15.1 Å². The van der Waals surface area contributed by atoms with E-state index in [9.17, 15) is 13.2 Å². The molecule has 1 aliphatic heterocycles. The average molecular weight is 450 g/mol. The fraction of sp³-hybridized carbons (Fsp3) is 0.933. The normalized spacial score (nSPS) is 19.3. The van der Waals surface area contributed by atoms with Gasteiger partial charge in [-0.1, -0.05) is 20.8 Å². The largest absolute Gasteiger partial charge is 0.403 e. The van der Waals surface area contributed by atoms with Crippen LogP contribution in [0, 0.1) is 5.41 Å². The predicted octanol–water partition coefficient (Wildman–Crippen LogP) is 3.18. The number of piperazine rings is 1. The summed E-state index contributed by atoms with van der Waals surface area (Å²) in [4.78, 5) is 7.76. The van der Waals surface area contributed by atoms with E-state index in [2.05, 4.69) is 31.1 Å².